The molecule has 1 heterocycles. The molecular weight excluding hydrogens is 260 g/mol. The Morgan fingerprint density at radius 2 is 1.86 bits per heavy atom. The van der Waals surface area contributed by atoms with Gasteiger partial charge < -0.3 is 15.4 Å². The third-order valence-electron chi connectivity index (χ3n) is 4.33. The third kappa shape index (κ3) is 2.74. The fourth-order valence-electron chi connectivity index (χ4n) is 3.05. The van der Waals surface area contributed by atoms with Crippen LogP contribution < -0.4 is 15.4 Å². The van der Waals surface area contributed by atoms with Gasteiger partial charge in [-0.1, -0.05) is 42.5 Å². The average Bonchev–Trinajstić information content (AvgIpc) is 3.33. The molecule has 0 bridgehead atoms. The van der Waals surface area contributed by atoms with E-state index in [1.54, 1.807) is 0 Å². The second-order valence-corrected chi connectivity index (χ2v) is 5.88. The van der Waals surface area contributed by atoms with Crippen LogP contribution in [0.3, 0.4) is 0 Å². The molecule has 108 valence electrons. The Labute approximate surface area is 125 Å². The molecule has 4 rings (SSSR count). The maximum Gasteiger partial charge on any atom is 0.142 e. The molecule has 3 unspecified atom stereocenters. The van der Waals surface area contributed by atoms with Crippen LogP contribution in [0.25, 0.3) is 0 Å². The second-order valence-electron chi connectivity index (χ2n) is 5.88. The first-order valence-electron chi connectivity index (χ1n) is 7.68. The highest BCUT2D eigenvalue weighted by molar-refractivity contribution is 5.57. The number of hydrogen-bond donors (Lipinski definition) is 2. The summed E-state index contributed by atoms with van der Waals surface area (Å²) in [6, 6.07) is 19.5. The van der Waals surface area contributed by atoms with Crippen LogP contribution in [-0.4, -0.2) is 25.2 Å². The van der Waals surface area contributed by atoms with Gasteiger partial charge in [-0.15, -0.1) is 0 Å². The summed E-state index contributed by atoms with van der Waals surface area (Å²) in [5.74, 6) is 1.64. The minimum atomic E-state index is 0.205. The van der Waals surface area contributed by atoms with E-state index in [2.05, 4.69) is 47.0 Å². The molecular formula is C18H20N2O. The van der Waals surface area contributed by atoms with E-state index >= 15 is 0 Å². The lowest BCUT2D eigenvalue weighted by Crippen LogP contribution is -2.40. The van der Waals surface area contributed by atoms with Gasteiger partial charge in [0.1, 0.15) is 11.9 Å². The number of anilines is 1. The van der Waals surface area contributed by atoms with Crippen molar-refractivity contribution in [1.82, 2.24) is 5.32 Å². The molecule has 2 aliphatic rings. The number of fused-ring (bicyclic) bond motifs is 1. The zero-order valence-corrected chi connectivity index (χ0v) is 12.0. The van der Waals surface area contributed by atoms with E-state index in [0.29, 0.717) is 12.0 Å². The average molecular weight is 280 g/mol. The molecule has 2 aromatic carbocycles. The highest BCUT2D eigenvalue weighted by Gasteiger charge is 2.38. The van der Waals surface area contributed by atoms with Gasteiger partial charge >= 0.3 is 0 Å². The molecule has 3 atom stereocenters. The number of rotatable bonds is 4. The maximum atomic E-state index is 6.03. The summed E-state index contributed by atoms with van der Waals surface area (Å²) in [4.78, 5) is 0. The Kier molecular flexibility index (Phi) is 3.28. The Morgan fingerprint density at radius 1 is 1.05 bits per heavy atom. The predicted octanol–water partition coefficient (Wildman–Crippen LogP) is 3.01. The van der Waals surface area contributed by atoms with Crippen LogP contribution in [0, 0.1) is 0 Å². The van der Waals surface area contributed by atoms with Crippen molar-refractivity contribution in [3.8, 4) is 5.75 Å². The van der Waals surface area contributed by atoms with E-state index in [-0.39, 0.29) is 6.10 Å². The van der Waals surface area contributed by atoms with E-state index in [1.807, 2.05) is 18.2 Å². The lowest BCUT2D eigenvalue weighted by atomic mass is 10.1. The van der Waals surface area contributed by atoms with Crippen molar-refractivity contribution in [1.29, 1.82) is 0 Å². The van der Waals surface area contributed by atoms with Crippen molar-refractivity contribution in [2.24, 2.45) is 0 Å². The Balaban J connectivity index is 1.30. The van der Waals surface area contributed by atoms with Crippen molar-refractivity contribution in [2.75, 3.05) is 18.4 Å². The smallest absolute Gasteiger partial charge is 0.142 e. The highest BCUT2D eigenvalue weighted by Crippen LogP contribution is 2.40. The zero-order chi connectivity index (χ0) is 14.1. The third-order valence-corrected chi connectivity index (χ3v) is 4.33. The number of ether oxygens (including phenoxy) is 1. The quantitative estimate of drug-likeness (QED) is 0.903. The van der Waals surface area contributed by atoms with Crippen LogP contribution in [0.1, 0.15) is 17.9 Å². The Hall–Kier alpha value is -2.00. The normalized spacial score (nSPS) is 26.4. The number of nitrogens with one attached hydrogen (secondary N) is 2. The molecule has 21 heavy (non-hydrogen) atoms. The van der Waals surface area contributed by atoms with Crippen LogP contribution in [0.4, 0.5) is 5.69 Å². The SMILES string of the molecule is c1ccc(C2CC2NCC2CNc3ccccc3O2)cc1. The van der Waals surface area contributed by atoms with Crippen LogP contribution in [-0.2, 0) is 0 Å². The van der Waals surface area contributed by atoms with Gasteiger partial charge in [0.05, 0.1) is 12.2 Å². The molecule has 1 aliphatic heterocycles. The fraction of sp³-hybridized carbons (Fsp3) is 0.333. The summed E-state index contributed by atoms with van der Waals surface area (Å²) < 4.78 is 6.03. The van der Waals surface area contributed by atoms with Crippen LogP contribution in [0.15, 0.2) is 54.6 Å². The molecule has 0 radical (unpaired) electrons. The molecule has 1 fully saturated rings. The van der Waals surface area contributed by atoms with E-state index < -0.39 is 0 Å². The van der Waals surface area contributed by atoms with Crippen molar-refractivity contribution in [3.05, 3.63) is 60.2 Å². The van der Waals surface area contributed by atoms with Crippen molar-refractivity contribution in [2.45, 2.75) is 24.5 Å². The summed E-state index contributed by atoms with van der Waals surface area (Å²) in [6.07, 6.45) is 1.44. The van der Waals surface area contributed by atoms with E-state index in [9.17, 15) is 0 Å². The number of benzene rings is 2. The first kappa shape index (κ1) is 12.7. The molecule has 1 saturated carbocycles. The fourth-order valence-corrected chi connectivity index (χ4v) is 3.05. The molecule has 2 N–H and O–H groups in total. The minimum absolute atomic E-state index is 0.205. The Morgan fingerprint density at radius 3 is 2.76 bits per heavy atom. The lowest BCUT2D eigenvalue weighted by molar-refractivity contribution is 0.201. The van der Waals surface area contributed by atoms with Gasteiger partial charge in [0, 0.05) is 18.5 Å². The predicted molar refractivity (Wildman–Crippen MR) is 84.9 cm³/mol. The molecule has 0 spiro atoms. The topological polar surface area (TPSA) is 33.3 Å². The van der Waals surface area contributed by atoms with Gasteiger partial charge in [0.2, 0.25) is 0 Å². The van der Waals surface area contributed by atoms with Gasteiger partial charge in [0.15, 0.2) is 0 Å². The van der Waals surface area contributed by atoms with Crippen LogP contribution >= 0.6 is 0 Å². The molecule has 3 nitrogen and oxygen atoms in total. The summed E-state index contributed by atoms with van der Waals surface area (Å²) in [5.41, 5.74) is 2.55. The van der Waals surface area contributed by atoms with E-state index in [4.69, 9.17) is 4.74 Å². The van der Waals surface area contributed by atoms with E-state index in [0.717, 1.165) is 24.5 Å². The van der Waals surface area contributed by atoms with Crippen molar-refractivity contribution < 1.29 is 4.74 Å². The first-order valence-corrected chi connectivity index (χ1v) is 7.68. The molecule has 2 aromatic rings. The van der Waals surface area contributed by atoms with Gasteiger partial charge in [0.25, 0.3) is 0 Å². The summed E-state index contributed by atoms with van der Waals surface area (Å²) in [5, 5.41) is 7.08. The van der Waals surface area contributed by atoms with Crippen molar-refractivity contribution in [3.63, 3.8) is 0 Å². The van der Waals surface area contributed by atoms with Gasteiger partial charge in [-0.25, -0.2) is 0 Å². The molecule has 3 heteroatoms. The lowest BCUT2D eigenvalue weighted by Gasteiger charge is -2.27. The second kappa shape index (κ2) is 5.41. The van der Waals surface area contributed by atoms with Crippen LogP contribution in [0.5, 0.6) is 5.75 Å². The van der Waals surface area contributed by atoms with Gasteiger partial charge in [-0.3, -0.25) is 0 Å². The monoisotopic (exact) mass is 280 g/mol. The molecule has 1 aliphatic carbocycles. The Bertz CT molecular complexity index is 614. The maximum absolute atomic E-state index is 6.03. The van der Waals surface area contributed by atoms with Crippen LogP contribution in [0.2, 0.25) is 0 Å². The standard InChI is InChI=1S/C18H20N2O/c1-2-6-13(7-3-1)15-10-17(15)20-12-14-11-19-16-8-4-5-9-18(16)21-14/h1-9,14-15,17,19-20H,10-12H2. The molecule has 0 aromatic heterocycles. The van der Waals surface area contributed by atoms with E-state index in [1.165, 1.54) is 12.0 Å². The van der Waals surface area contributed by atoms with Crippen molar-refractivity contribution >= 4 is 5.69 Å². The first-order chi connectivity index (χ1) is 10.4. The number of para-hydroxylation sites is 2. The summed E-state index contributed by atoms with van der Waals surface area (Å²) in [7, 11) is 0. The highest BCUT2D eigenvalue weighted by atomic mass is 16.5. The molecule has 0 saturated heterocycles. The summed E-state index contributed by atoms with van der Waals surface area (Å²) >= 11 is 0. The minimum Gasteiger partial charge on any atom is -0.485 e. The molecule has 0 amide bonds. The zero-order valence-electron chi connectivity index (χ0n) is 12.0. The summed E-state index contributed by atoms with van der Waals surface area (Å²) in [6.45, 7) is 1.77. The van der Waals surface area contributed by atoms with Gasteiger partial charge in [-0.2, -0.15) is 0 Å². The van der Waals surface area contributed by atoms with Gasteiger partial charge in [-0.05, 0) is 24.1 Å². The number of hydrogen-bond acceptors (Lipinski definition) is 3. The largest absolute Gasteiger partial charge is 0.485 e.